The largest absolute Gasteiger partial charge is 0.342 e. The Morgan fingerprint density at radius 3 is 2.52 bits per heavy atom. The van der Waals surface area contributed by atoms with Gasteiger partial charge in [-0.3, -0.25) is 14.6 Å². The van der Waals surface area contributed by atoms with Gasteiger partial charge >= 0.3 is 0 Å². The van der Waals surface area contributed by atoms with Crippen LogP contribution in [0.4, 0.5) is 0 Å². The molecule has 1 amide bonds. The number of hydrogen-bond acceptors (Lipinski definition) is 6. The molecule has 25 heavy (non-hydrogen) atoms. The van der Waals surface area contributed by atoms with Crippen LogP contribution >= 0.6 is 22.7 Å². The molecule has 0 radical (unpaired) electrons. The molecule has 1 fully saturated rings. The van der Waals surface area contributed by atoms with Crippen LogP contribution in [-0.2, 0) is 11.3 Å². The number of aromatic nitrogens is 1. The third kappa shape index (κ3) is 4.88. The number of thiophene rings is 1. The van der Waals surface area contributed by atoms with E-state index < -0.39 is 0 Å². The number of rotatable bonds is 7. The molecule has 136 valence electrons. The first kappa shape index (κ1) is 18.5. The van der Waals surface area contributed by atoms with Crippen molar-refractivity contribution in [3.63, 3.8) is 0 Å². The number of thiazole rings is 1. The normalized spacial score (nSPS) is 16.2. The van der Waals surface area contributed by atoms with E-state index in [9.17, 15) is 4.79 Å². The standard InChI is InChI=1S/C18H26N4OS2/c1-3-22(4-2)17(23)12-21-8-6-20(7-9-21)11-16-14-25-18(19-16)15-5-10-24-13-15/h5,10,13-14H,3-4,6-9,11-12H2,1-2H3. The Balaban J connectivity index is 1.46. The Kier molecular flexibility index (Phi) is 6.58. The highest BCUT2D eigenvalue weighted by molar-refractivity contribution is 7.14. The van der Waals surface area contributed by atoms with Gasteiger partial charge in [0.25, 0.3) is 0 Å². The highest BCUT2D eigenvalue weighted by Gasteiger charge is 2.21. The predicted molar refractivity (Wildman–Crippen MR) is 105 cm³/mol. The molecule has 5 nitrogen and oxygen atoms in total. The average molecular weight is 379 g/mol. The Morgan fingerprint density at radius 1 is 1.16 bits per heavy atom. The molecule has 1 aliphatic heterocycles. The molecule has 2 aromatic heterocycles. The summed E-state index contributed by atoms with van der Waals surface area (Å²) in [6.07, 6.45) is 0. The van der Waals surface area contributed by atoms with Crippen LogP contribution in [0.3, 0.4) is 0 Å². The van der Waals surface area contributed by atoms with Crippen molar-refractivity contribution < 1.29 is 4.79 Å². The van der Waals surface area contributed by atoms with Crippen molar-refractivity contribution in [2.24, 2.45) is 0 Å². The minimum atomic E-state index is 0.248. The van der Waals surface area contributed by atoms with Gasteiger partial charge < -0.3 is 4.90 Å². The summed E-state index contributed by atoms with van der Waals surface area (Å²) < 4.78 is 0. The number of hydrogen-bond donors (Lipinski definition) is 0. The maximum absolute atomic E-state index is 12.2. The van der Waals surface area contributed by atoms with Gasteiger partial charge in [-0.1, -0.05) is 0 Å². The van der Waals surface area contributed by atoms with Crippen LogP contribution in [0, 0.1) is 0 Å². The number of nitrogens with zero attached hydrogens (tertiary/aromatic N) is 4. The molecule has 0 N–H and O–H groups in total. The summed E-state index contributed by atoms with van der Waals surface area (Å²) in [6, 6.07) is 2.12. The highest BCUT2D eigenvalue weighted by Crippen LogP contribution is 2.26. The SMILES string of the molecule is CCN(CC)C(=O)CN1CCN(Cc2csc(-c3ccsc3)n2)CC1. The maximum atomic E-state index is 12.2. The van der Waals surface area contributed by atoms with E-state index in [0.717, 1.165) is 56.5 Å². The number of carbonyl (C=O) groups is 1. The third-order valence-electron chi connectivity index (χ3n) is 4.65. The monoisotopic (exact) mass is 378 g/mol. The molecular formula is C18H26N4OS2. The number of likely N-dealkylation sites (N-methyl/N-ethyl adjacent to an activating group) is 1. The van der Waals surface area contributed by atoms with E-state index in [4.69, 9.17) is 4.98 Å². The second-order valence-electron chi connectivity index (χ2n) is 6.27. The molecule has 0 atom stereocenters. The molecule has 2 aromatic rings. The van der Waals surface area contributed by atoms with Crippen LogP contribution in [0.15, 0.2) is 22.2 Å². The molecule has 3 heterocycles. The third-order valence-corrected chi connectivity index (χ3v) is 6.27. The Bertz CT molecular complexity index is 658. The lowest BCUT2D eigenvalue weighted by atomic mass is 10.3. The van der Waals surface area contributed by atoms with E-state index in [1.807, 2.05) is 18.7 Å². The van der Waals surface area contributed by atoms with Gasteiger partial charge in [0.2, 0.25) is 5.91 Å². The molecule has 0 unspecified atom stereocenters. The van der Waals surface area contributed by atoms with Crippen LogP contribution in [0.25, 0.3) is 10.6 Å². The van der Waals surface area contributed by atoms with Crippen LogP contribution in [0.1, 0.15) is 19.5 Å². The van der Waals surface area contributed by atoms with Gasteiger partial charge in [-0.2, -0.15) is 11.3 Å². The zero-order valence-corrected chi connectivity index (χ0v) is 16.6. The number of carbonyl (C=O) groups excluding carboxylic acids is 1. The summed E-state index contributed by atoms with van der Waals surface area (Å²) >= 11 is 3.43. The minimum absolute atomic E-state index is 0.248. The highest BCUT2D eigenvalue weighted by atomic mass is 32.1. The first-order valence-electron chi connectivity index (χ1n) is 8.89. The maximum Gasteiger partial charge on any atom is 0.236 e. The fourth-order valence-corrected chi connectivity index (χ4v) is 4.62. The van der Waals surface area contributed by atoms with E-state index in [-0.39, 0.29) is 5.91 Å². The van der Waals surface area contributed by atoms with Gasteiger partial charge in [0, 0.05) is 62.1 Å². The molecular weight excluding hydrogens is 352 g/mol. The molecule has 0 aliphatic carbocycles. The molecule has 3 rings (SSSR count). The zero-order chi connectivity index (χ0) is 17.6. The van der Waals surface area contributed by atoms with Gasteiger partial charge in [0.05, 0.1) is 12.2 Å². The summed E-state index contributed by atoms with van der Waals surface area (Å²) in [4.78, 5) is 23.6. The minimum Gasteiger partial charge on any atom is -0.342 e. The molecule has 0 spiro atoms. The molecule has 0 saturated carbocycles. The van der Waals surface area contributed by atoms with E-state index in [1.54, 1.807) is 22.7 Å². The number of amides is 1. The lowest BCUT2D eigenvalue weighted by Gasteiger charge is -2.34. The van der Waals surface area contributed by atoms with E-state index in [2.05, 4.69) is 32.0 Å². The van der Waals surface area contributed by atoms with Crippen molar-refractivity contribution in [1.82, 2.24) is 19.7 Å². The smallest absolute Gasteiger partial charge is 0.236 e. The van der Waals surface area contributed by atoms with Crippen molar-refractivity contribution in [2.75, 3.05) is 45.8 Å². The summed E-state index contributed by atoms with van der Waals surface area (Å²) in [5.41, 5.74) is 2.37. The quantitative estimate of drug-likeness (QED) is 0.743. The fourth-order valence-electron chi connectivity index (χ4n) is 3.10. The number of piperazine rings is 1. The first-order valence-corrected chi connectivity index (χ1v) is 10.7. The van der Waals surface area contributed by atoms with Gasteiger partial charge in [0.1, 0.15) is 5.01 Å². The van der Waals surface area contributed by atoms with Crippen molar-refractivity contribution >= 4 is 28.6 Å². The molecule has 1 saturated heterocycles. The summed E-state index contributed by atoms with van der Waals surface area (Å²) in [5.74, 6) is 0.248. The van der Waals surface area contributed by atoms with Crippen molar-refractivity contribution in [3.8, 4) is 10.6 Å². The van der Waals surface area contributed by atoms with Crippen LogP contribution in [0.5, 0.6) is 0 Å². The second kappa shape index (κ2) is 8.89. The lowest BCUT2D eigenvalue weighted by molar-refractivity contribution is -0.132. The Morgan fingerprint density at radius 2 is 1.88 bits per heavy atom. The second-order valence-corrected chi connectivity index (χ2v) is 7.91. The Labute approximate surface area is 157 Å². The zero-order valence-electron chi connectivity index (χ0n) is 15.0. The molecule has 0 aromatic carbocycles. The van der Waals surface area contributed by atoms with E-state index >= 15 is 0 Å². The molecule has 7 heteroatoms. The van der Waals surface area contributed by atoms with Gasteiger partial charge in [0.15, 0.2) is 0 Å². The predicted octanol–water partition coefficient (Wildman–Crippen LogP) is 2.86. The van der Waals surface area contributed by atoms with Crippen LogP contribution in [0.2, 0.25) is 0 Å². The molecule has 1 aliphatic rings. The van der Waals surface area contributed by atoms with E-state index in [0.29, 0.717) is 6.54 Å². The van der Waals surface area contributed by atoms with Crippen LogP contribution in [-0.4, -0.2) is 71.4 Å². The van der Waals surface area contributed by atoms with Crippen LogP contribution < -0.4 is 0 Å². The first-order chi connectivity index (χ1) is 12.2. The fraction of sp³-hybridized carbons (Fsp3) is 0.556. The topological polar surface area (TPSA) is 39.7 Å². The lowest BCUT2D eigenvalue weighted by Crippen LogP contribution is -2.49. The average Bonchev–Trinajstić information content (AvgIpc) is 3.29. The van der Waals surface area contributed by atoms with Crippen molar-refractivity contribution in [3.05, 3.63) is 27.9 Å². The molecule has 0 bridgehead atoms. The van der Waals surface area contributed by atoms with Crippen molar-refractivity contribution in [2.45, 2.75) is 20.4 Å². The summed E-state index contributed by atoms with van der Waals surface area (Å²) in [7, 11) is 0. The summed E-state index contributed by atoms with van der Waals surface area (Å²) in [5, 5.41) is 7.52. The van der Waals surface area contributed by atoms with Crippen molar-refractivity contribution in [1.29, 1.82) is 0 Å². The van der Waals surface area contributed by atoms with Gasteiger partial charge in [-0.05, 0) is 25.3 Å². The van der Waals surface area contributed by atoms with E-state index in [1.165, 1.54) is 5.56 Å². The van der Waals surface area contributed by atoms with Gasteiger partial charge in [-0.15, -0.1) is 11.3 Å². The Hall–Kier alpha value is -1.28. The summed E-state index contributed by atoms with van der Waals surface area (Å²) in [6.45, 7) is 11.0. The van der Waals surface area contributed by atoms with Gasteiger partial charge in [-0.25, -0.2) is 4.98 Å².